The summed E-state index contributed by atoms with van der Waals surface area (Å²) < 4.78 is 7.98. The van der Waals surface area contributed by atoms with Crippen molar-refractivity contribution in [2.24, 2.45) is 0 Å². The summed E-state index contributed by atoms with van der Waals surface area (Å²) in [6.45, 7) is 9.01. The predicted molar refractivity (Wildman–Crippen MR) is 84.8 cm³/mol. The molecule has 3 nitrogen and oxygen atoms in total. The fourth-order valence-electron chi connectivity index (χ4n) is 2.70. The Morgan fingerprint density at radius 1 is 1.25 bits per heavy atom. The van der Waals surface area contributed by atoms with Crippen LogP contribution in [-0.2, 0) is 0 Å². The van der Waals surface area contributed by atoms with Crippen LogP contribution in [-0.4, -0.2) is 16.2 Å². The molecule has 0 saturated heterocycles. The standard InChI is InChI=1S/C16H23ClN2O/c1-5-12(6-2)19-13-9-8-10-14(20-7-3)15(13)18-16(19)11(4)17/h8-12H,5-7H2,1-4H3. The highest BCUT2D eigenvalue weighted by atomic mass is 35.5. The second-order valence-corrected chi connectivity index (χ2v) is 5.64. The maximum absolute atomic E-state index is 6.34. The van der Waals surface area contributed by atoms with E-state index in [9.17, 15) is 0 Å². The molecule has 0 fully saturated rings. The van der Waals surface area contributed by atoms with Crippen LogP contribution < -0.4 is 4.74 Å². The Labute approximate surface area is 125 Å². The third-order valence-corrected chi connectivity index (χ3v) is 3.87. The van der Waals surface area contributed by atoms with Crippen molar-refractivity contribution in [1.29, 1.82) is 0 Å². The summed E-state index contributed by atoms with van der Waals surface area (Å²) in [7, 11) is 0. The predicted octanol–water partition coefficient (Wildman–Crippen LogP) is 5.10. The maximum atomic E-state index is 6.34. The zero-order valence-corrected chi connectivity index (χ0v) is 13.4. The fourth-order valence-corrected chi connectivity index (χ4v) is 2.85. The van der Waals surface area contributed by atoms with Gasteiger partial charge in [0.1, 0.15) is 17.1 Å². The maximum Gasteiger partial charge on any atom is 0.147 e. The van der Waals surface area contributed by atoms with E-state index in [2.05, 4.69) is 24.5 Å². The molecule has 0 N–H and O–H groups in total. The molecule has 110 valence electrons. The van der Waals surface area contributed by atoms with Gasteiger partial charge in [0.15, 0.2) is 0 Å². The van der Waals surface area contributed by atoms with Crippen LogP contribution in [0.5, 0.6) is 5.75 Å². The molecule has 1 unspecified atom stereocenters. The summed E-state index contributed by atoms with van der Waals surface area (Å²) in [5.74, 6) is 1.77. The number of halogens is 1. The van der Waals surface area contributed by atoms with Crippen LogP contribution >= 0.6 is 11.6 Å². The van der Waals surface area contributed by atoms with Gasteiger partial charge in [0, 0.05) is 6.04 Å². The number of fused-ring (bicyclic) bond motifs is 1. The monoisotopic (exact) mass is 294 g/mol. The first-order valence-corrected chi connectivity index (χ1v) is 7.85. The molecule has 20 heavy (non-hydrogen) atoms. The Kier molecular flexibility index (Phi) is 4.92. The molecule has 1 atom stereocenters. The fraction of sp³-hybridized carbons (Fsp3) is 0.562. The minimum Gasteiger partial charge on any atom is -0.492 e. The van der Waals surface area contributed by atoms with E-state index in [4.69, 9.17) is 21.3 Å². The minimum atomic E-state index is -0.113. The molecule has 0 radical (unpaired) electrons. The highest BCUT2D eigenvalue weighted by Gasteiger charge is 2.21. The van der Waals surface area contributed by atoms with Crippen LogP contribution in [0, 0.1) is 0 Å². The molecular formula is C16H23ClN2O. The Morgan fingerprint density at radius 3 is 2.50 bits per heavy atom. The third kappa shape index (κ3) is 2.64. The topological polar surface area (TPSA) is 27.1 Å². The van der Waals surface area contributed by atoms with Crippen molar-refractivity contribution in [3.05, 3.63) is 24.0 Å². The second kappa shape index (κ2) is 6.49. The number of imidazole rings is 1. The molecule has 0 saturated carbocycles. The minimum absolute atomic E-state index is 0.113. The van der Waals surface area contributed by atoms with E-state index < -0.39 is 0 Å². The van der Waals surface area contributed by atoms with Crippen molar-refractivity contribution in [3.8, 4) is 5.75 Å². The number of hydrogen-bond donors (Lipinski definition) is 0. The van der Waals surface area contributed by atoms with Gasteiger partial charge in [-0.25, -0.2) is 4.98 Å². The molecule has 0 aliphatic heterocycles. The van der Waals surface area contributed by atoms with Crippen molar-refractivity contribution in [2.75, 3.05) is 6.61 Å². The molecule has 2 aromatic rings. The molecule has 0 bridgehead atoms. The van der Waals surface area contributed by atoms with Crippen LogP contribution in [0.1, 0.15) is 57.8 Å². The second-order valence-electron chi connectivity index (χ2n) is 4.98. The highest BCUT2D eigenvalue weighted by molar-refractivity contribution is 6.20. The first kappa shape index (κ1) is 15.2. The summed E-state index contributed by atoms with van der Waals surface area (Å²) in [4.78, 5) is 4.75. The largest absolute Gasteiger partial charge is 0.492 e. The Balaban J connectivity index is 2.69. The average molecular weight is 295 g/mol. The van der Waals surface area contributed by atoms with Gasteiger partial charge in [-0.05, 0) is 38.8 Å². The molecule has 2 rings (SSSR count). The average Bonchev–Trinajstić information content (AvgIpc) is 2.82. The van der Waals surface area contributed by atoms with E-state index >= 15 is 0 Å². The van der Waals surface area contributed by atoms with Gasteiger partial charge in [0.2, 0.25) is 0 Å². The van der Waals surface area contributed by atoms with Gasteiger partial charge in [-0.1, -0.05) is 19.9 Å². The van der Waals surface area contributed by atoms with Gasteiger partial charge in [0.05, 0.1) is 17.5 Å². The Hall–Kier alpha value is -1.22. The summed E-state index contributed by atoms with van der Waals surface area (Å²) in [5.41, 5.74) is 2.04. The van der Waals surface area contributed by atoms with Gasteiger partial charge < -0.3 is 9.30 Å². The molecule has 0 spiro atoms. The van der Waals surface area contributed by atoms with Crippen molar-refractivity contribution in [2.45, 2.75) is 52.0 Å². The molecule has 1 aromatic heterocycles. The number of ether oxygens (including phenoxy) is 1. The van der Waals surface area contributed by atoms with E-state index in [1.165, 1.54) is 0 Å². The lowest BCUT2D eigenvalue weighted by Crippen LogP contribution is -2.11. The first-order chi connectivity index (χ1) is 9.63. The van der Waals surface area contributed by atoms with Crippen LogP contribution in [0.25, 0.3) is 11.0 Å². The Bertz CT molecular complexity index is 573. The van der Waals surface area contributed by atoms with Crippen molar-refractivity contribution in [1.82, 2.24) is 9.55 Å². The van der Waals surface area contributed by atoms with Gasteiger partial charge in [-0.15, -0.1) is 11.6 Å². The number of hydrogen-bond acceptors (Lipinski definition) is 2. The summed E-state index contributed by atoms with van der Waals surface area (Å²) >= 11 is 6.34. The SMILES string of the molecule is CCOc1cccc2c1nc(C(C)Cl)n2C(CC)CC. The number of nitrogens with zero attached hydrogens (tertiary/aromatic N) is 2. The van der Waals surface area contributed by atoms with E-state index in [-0.39, 0.29) is 5.38 Å². The number of benzene rings is 1. The van der Waals surface area contributed by atoms with E-state index in [0.29, 0.717) is 12.6 Å². The summed E-state index contributed by atoms with van der Waals surface area (Å²) in [6, 6.07) is 6.52. The number of aromatic nitrogens is 2. The third-order valence-electron chi connectivity index (χ3n) is 3.67. The van der Waals surface area contributed by atoms with Crippen molar-refractivity contribution < 1.29 is 4.74 Å². The summed E-state index contributed by atoms with van der Waals surface area (Å²) in [5, 5.41) is -0.113. The van der Waals surface area contributed by atoms with E-state index in [1.807, 2.05) is 26.0 Å². The van der Waals surface area contributed by atoms with E-state index in [1.54, 1.807) is 0 Å². The van der Waals surface area contributed by atoms with E-state index in [0.717, 1.165) is 35.4 Å². The number of rotatable bonds is 6. The smallest absolute Gasteiger partial charge is 0.147 e. The molecule has 0 aliphatic carbocycles. The van der Waals surface area contributed by atoms with Crippen LogP contribution in [0.4, 0.5) is 0 Å². The lowest BCUT2D eigenvalue weighted by atomic mass is 10.1. The molecule has 0 amide bonds. The lowest BCUT2D eigenvalue weighted by Gasteiger charge is -2.19. The van der Waals surface area contributed by atoms with Gasteiger partial charge in [0.25, 0.3) is 0 Å². The van der Waals surface area contributed by atoms with Gasteiger partial charge in [-0.2, -0.15) is 0 Å². The molecule has 0 aliphatic rings. The van der Waals surface area contributed by atoms with Crippen LogP contribution in [0.3, 0.4) is 0 Å². The Morgan fingerprint density at radius 2 is 1.95 bits per heavy atom. The lowest BCUT2D eigenvalue weighted by molar-refractivity contribution is 0.343. The molecule has 1 heterocycles. The zero-order valence-electron chi connectivity index (χ0n) is 12.7. The van der Waals surface area contributed by atoms with Crippen LogP contribution in [0.15, 0.2) is 18.2 Å². The van der Waals surface area contributed by atoms with Gasteiger partial charge in [-0.3, -0.25) is 0 Å². The number of alkyl halides is 1. The molecule has 4 heteroatoms. The van der Waals surface area contributed by atoms with Crippen molar-refractivity contribution >= 4 is 22.6 Å². The molecule has 1 aromatic carbocycles. The van der Waals surface area contributed by atoms with Crippen LogP contribution in [0.2, 0.25) is 0 Å². The quantitative estimate of drug-likeness (QED) is 0.693. The first-order valence-electron chi connectivity index (χ1n) is 7.41. The van der Waals surface area contributed by atoms with Crippen molar-refractivity contribution in [3.63, 3.8) is 0 Å². The number of para-hydroxylation sites is 1. The highest BCUT2D eigenvalue weighted by Crippen LogP contribution is 2.34. The summed E-state index contributed by atoms with van der Waals surface area (Å²) in [6.07, 6.45) is 2.13. The molecular weight excluding hydrogens is 272 g/mol. The van der Waals surface area contributed by atoms with Gasteiger partial charge >= 0.3 is 0 Å². The normalized spacial score (nSPS) is 13.1. The zero-order chi connectivity index (χ0) is 14.7.